The van der Waals surface area contributed by atoms with Crippen molar-refractivity contribution in [3.05, 3.63) is 65.2 Å². The van der Waals surface area contributed by atoms with Crippen molar-refractivity contribution in [2.75, 3.05) is 6.54 Å². The van der Waals surface area contributed by atoms with Gasteiger partial charge in [0.2, 0.25) is 5.82 Å². The van der Waals surface area contributed by atoms with Crippen molar-refractivity contribution in [3.8, 4) is 5.75 Å². The van der Waals surface area contributed by atoms with Crippen molar-refractivity contribution in [2.45, 2.75) is 19.2 Å². The molecule has 0 radical (unpaired) electrons. The van der Waals surface area contributed by atoms with Crippen molar-refractivity contribution in [1.29, 1.82) is 0 Å². The maximum atomic E-state index is 12.4. The highest BCUT2D eigenvalue weighted by Crippen LogP contribution is 2.28. The molecule has 1 saturated carbocycles. The molecule has 1 aromatic rings. The fraction of sp³-hybridized carbons (Fsp3) is 0.294. The van der Waals surface area contributed by atoms with E-state index in [1.54, 1.807) is 12.3 Å². The van der Waals surface area contributed by atoms with Gasteiger partial charge in [0.1, 0.15) is 5.75 Å². The van der Waals surface area contributed by atoms with E-state index in [0.717, 1.165) is 29.8 Å². The Morgan fingerprint density at radius 3 is 2.88 bits per heavy atom. The van der Waals surface area contributed by atoms with E-state index >= 15 is 0 Å². The smallest absolute Gasteiger partial charge is 0.477 e. The molecular weight excluding hydrogens is 333 g/mol. The van der Waals surface area contributed by atoms with E-state index in [2.05, 4.69) is 20.8 Å². The summed E-state index contributed by atoms with van der Waals surface area (Å²) in [5.41, 5.74) is 5.96. The lowest BCUT2D eigenvalue weighted by Crippen LogP contribution is -3.03. The predicted octanol–water partition coefficient (Wildman–Crippen LogP) is 2.36. The SMILES string of the molecule is FC(F)(F)Oc1cccc(C2=CNC3=CC=C(NCC4CC4)[N-][NH+]32)c1. The number of allylic oxidation sites excluding steroid dienone is 2. The Bertz CT molecular complexity index is 765. The Hall–Kier alpha value is -2.61. The molecule has 1 aliphatic carbocycles. The van der Waals surface area contributed by atoms with Crippen LogP contribution in [0.1, 0.15) is 18.4 Å². The fourth-order valence-corrected chi connectivity index (χ4v) is 2.75. The van der Waals surface area contributed by atoms with E-state index in [0.29, 0.717) is 10.6 Å². The van der Waals surface area contributed by atoms with E-state index in [-0.39, 0.29) is 5.75 Å². The maximum absolute atomic E-state index is 12.4. The van der Waals surface area contributed by atoms with Crippen LogP contribution >= 0.6 is 0 Å². The summed E-state index contributed by atoms with van der Waals surface area (Å²) in [6, 6.07) is 5.91. The van der Waals surface area contributed by atoms with Crippen LogP contribution in [0.3, 0.4) is 0 Å². The van der Waals surface area contributed by atoms with Gasteiger partial charge in [0, 0.05) is 11.6 Å². The molecule has 1 atom stereocenters. The number of benzene rings is 1. The third kappa shape index (κ3) is 3.74. The van der Waals surface area contributed by atoms with E-state index in [1.165, 1.54) is 31.0 Å². The molecule has 25 heavy (non-hydrogen) atoms. The Balaban J connectivity index is 1.49. The van der Waals surface area contributed by atoms with Gasteiger partial charge in [-0.15, -0.1) is 13.2 Å². The first-order valence-corrected chi connectivity index (χ1v) is 8.06. The van der Waals surface area contributed by atoms with Gasteiger partial charge in [-0.25, -0.2) is 5.01 Å². The minimum Gasteiger partial charge on any atom is -0.477 e. The highest BCUT2D eigenvalue weighted by Gasteiger charge is 2.32. The Kier molecular flexibility index (Phi) is 3.84. The number of alkyl halides is 3. The van der Waals surface area contributed by atoms with Gasteiger partial charge in [0.15, 0.2) is 5.70 Å². The molecular formula is C17H17F3N4O. The largest absolute Gasteiger partial charge is 0.573 e. The molecule has 0 amide bonds. The quantitative estimate of drug-likeness (QED) is 0.764. The number of halogens is 3. The molecule has 132 valence electrons. The fourth-order valence-electron chi connectivity index (χ4n) is 2.75. The minimum atomic E-state index is -4.71. The van der Waals surface area contributed by atoms with E-state index < -0.39 is 6.36 Å². The summed E-state index contributed by atoms with van der Waals surface area (Å²) in [4.78, 5) is 0. The van der Waals surface area contributed by atoms with Crippen LogP contribution in [0.2, 0.25) is 0 Å². The van der Waals surface area contributed by atoms with Crippen LogP contribution in [-0.4, -0.2) is 12.9 Å². The molecule has 4 rings (SSSR count). The number of quaternary nitrogens is 1. The van der Waals surface area contributed by atoms with Crippen molar-refractivity contribution >= 4 is 5.70 Å². The molecule has 3 N–H and O–H groups in total. The normalized spacial score (nSPS) is 22.0. The zero-order chi connectivity index (χ0) is 17.4. The lowest BCUT2D eigenvalue weighted by Gasteiger charge is -2.29. The lowest BCUT2D eigenvalue weighted by atomic mass is 10.1. The molecule has 8 heteroatoms. The van der Waals surface area contributed by atoms with E-state index in [4.69, 9.17) is 0 Å². The first-order valence-electron chi connectivity index (χ1n) is 8.06. The van der Waals surface area contributed by atoms with E-state index in [1.807, 2.05) is 12.2 Å². The molecule has 2 aliphatic heterocycles. The first kappa shape index (κ1) is 15.9. The number of ether oxygens (including phenoxy) is 1. The van der Waals surface area contributed by atoms with Gasteiger partial charge in [-0.3, -0.25) is 5.43 Å². The van der Waals surface area contributed by atoms with Crippen LogP contribution in [0.5, 0.6) is 5.75 Å². The summed E-state index contributed by atoms with van der Waals surface area (Å²) >= 11 is 0. The second-order valence-corrected chi connectivity index (χ2v) is 6.19. The number of hydrogen-bond donors (Lipinski definition) is 3. The number of nitrogens with zero attached hydrogens (tertiary/aromatic N) is 1. The van der Waals surface area contributed by atoms with Gasteiger partial charge < -0.3 is 15.4 Å². The summed E-state index contributed by atoms with van der Waals surface area (Å²) in [5, 5.41) is 7.13. The molecule has 5 nitrogen and oxygen atoms in total. The maximum Gasteiger partial charge on any atom is 0.573 e. The molecule has 0 spiro atoms. The lowest BCUT2D eigenvalue weighted by molar-refractivity contribution is -0.736. The molecule has 3 aliphatic rings. The summed E-state index contributed by atoms with van der Waals surface area (Å²) in [6.45, 7) is 0.896. The van der Waals surface area contributed by atoms with Crippen LogP contribution in [0.4, 0.5) is 13.2 Å². The summed E-state index contributed by atoms with van der Waals surface area (Å²) < 4.78 is 41.3. The first-order chi connectivity index (χ1) is 12.0. The summed E-state index contributed by atoms with van der Waals surface area (Å²) in [7, 11) is 0. The highest BCUT2D eigenvalue weighted by molar-refractivity contribution is 5.63. The Morgan fingerprint density at radius 2 is 2.12 bits per heavy atom. The topological polar surface area (TPSA) is 51.8 Å². The second kappa shape index (κ2) is 6.03. The molecule has 1 aromatic carbocycles. The van der Waals surface area contributed by atoms with Crippen molar-refractivity contribution in [1.82, 2.24) is 10.6 Å². The summed E-state index contributed by atoms with van der Waals surface area (Å²) in [5.74, 6) is 2.07. The number of nitrogens with one attached hydrogen (secondary N) is 3. The van der Waals surface area contributed by atoms with Crippen molar-refractivity contribution in [2.24, 2.45) is 5.92 Å². The molecule has 0 saturated heterocycles. The molecule has 0 bridgehead atoms. The van der Waals surface area contributed by atoms with Crippen LogP contribution in [0, 0.1) is 5.92 Å². The van der Waals surface area contributed by atoms with Gasteiger partial charge in [-0.1, -0.05) is 31.5 Å². The standard InChI is InChI=1S/C17H17F3N4O/c18-17(19,20)25-13-3-1-2-12(8-13)14-10-22-16-7-6-15(23-24(14)16)21-9-11-4-5-11/h1-3,6-8,10-11,21-22,24H,4-5,9H2. The number of fused-ring (bicyclic) bond motifs is 1. The highest BCUT2D eigenvalue weighted by atomic mass is 19.4. The number of hydrogen-bond acceptors (Lipinski definition) is 3. The average Bonchev–Trinajstić information content (AvgIpc) is 3.29. The van der Waals surface area contributed by atoms with Crippen molar-refractivity contribution in [3.63, 3.8) is 0 Å². The second-order valence-electron chi connectivity index (χ2n) is 6.19. The van der Waals surface area contributed by atoms with Crippen LogP contribution < -0.4 is 20.4 Å². The van der Waals surface area contributed by atoms with Gasteiger partial charge in [-0.05, 0) is 29.9 Å². The molecule has 0 aromatic heterocycles. The molecule has 2 heterocycles. The molecule has 1 fully saturated rings. The monoisotopic (exact) mass is 350 g/mol. The molecule has 1 unspecified atom stereocenters. The zero-order valence-electron chi connectivity index (χ0n) is 13.2. The number of rotatable bonds is 5. The van der Waals surface area contributed by atoms with Crippen LogP contribution in [0.25, 0.3) is 11.1 Å². The minimum absolute atomic E-state index is 0.248. The van der Waals surface area contributed by atoms with Gasteiger partial charge >= 0.3 is 6.36 Å². The van der Waals surface area contributed by atoms with Crippen molar-refractivity contribution < 1.29 is 22.9 Å². The summed E-state index contributed by atoms with van der Waals surface area (Å²) in [6.07, 6.45) is 3.34. The van der Waals surface area contributed by atoms with Crippen LogP contribution in [-0.2, 0) is 0 Å². The van der Waals surface area contributed by atoms with Gasteiger partial charge in [0.25, 0.3) is 0 Å². The third-order valence-electron chi connectivity index (χ3n) is 4.17. The Morgan fingerprint density at radius 1 is 1.28 bits per heavy atom. The average molecular weight is 350 g/mol. The Labute approximate surface area is 142 Å². The van der Waals surface area contributed by atoms with Gasteiger partial charge in [-0.2, -0.15) is 0 Å². The zero-order valence-corrected chi connectivity index (χ0v) is 13.2. The van der Waals surface area contributed by atoms with Gasteiger partial charge in [0.05, 0.1) is 6.20 Å². The third-order valence-corrected chi connectivity index (χ3v) is 4.17. The van der Waals surface area contributed by atoms with E-state index in [9.17, 15) is 13.2 Å². The predicted molar refractivity (Wildman–Crippen MR) is 85.5 cm³/mol. The van der Waals surface area contributed by atoms with Crippen LogP contribution in [0.15, 0.2) is 54.3 Å².